The van der Waals surface area contributed by atoms with Gasteiger partial charge in [-0.3, -0.25) is 0 Å². The van der Waals surface area contributed by atoms with Crippen molar-refractivity contribution in [2.45, 2.75) is 0 Å². The van der Waals surface area contributed by atoms with Gasteiger partial charge in [-0.25, -0.2) is 24.3 Å². The Hall–Kier alpha value is -0.886. The van der Waals surface area contributed by atoms with Crippen molar-refractivity contribution in [1.82, 2.24) is 0 Å². The molecule has 0 saturated heterocycles. The first-order valence-electron chi connectivity index (χ1n) is 5.43. The molecular weight excluding hydrogens is 320 g/mol. The molecule has 0 aromatic heterocycles. The van der Waals surface area contributed by atoms with E-state index in [4.69, 9.17) is 0 Å². The van der Waals surface area contributed by atoms with Gasteiger partial charge < -0.3 is 0 Å². The Morgan fingerprint density at radius 2 is 1.00 bits per heavy atom. The van der Waals surface area contributed by atoms with Crippen LogP contribution >= 0.6 is 15.9 Å². The van der Waals surface area contributed by atoms with Crippen molar-refractivity contribution in [3.63, 3.8) is 0 Å². The number of rotatable bonds is 0. The minimum atomic E-state index is 0. The molecule has 0 nitrogen and oxygen atoms in total. The fraction of sp³-hybridized carbons (Fsp3) is 0. The van der Waals surface area contributed by atoms with Gasteiger partial charge in [-0.1, -0.05) is 34.1 Å². The molecule has 0 aliphatic heterocycles. The maximum atomic E-state index is 3.31. The van der Waals surface area contributed by atoms with Gasteiger partial charge in [-0.2, -0.15) is 36.4 Å². The Bertz CT molecular complexity index is 368. The molecule has 2 heteroatoms. The monoisotopic (exact) mass is 334 g/mol. The van der Waals surface area contributed by atoms with E-state index in [9.17, 15) is 0 Å². The minimum absolute atomic E-state index is 0. The van der Waals surface area contributed by atoms with E-state index in [1.54, 1.807) is 0 Å². The number of hydrogen-bond acceptors (Lipinski definition) is 0. The zero-order valence-electron chi connectivity index (χ0n) is 10.0. The van der Waals surface area contributed by atoms with Crippen molar-refractivity contribution in [2.75, 3.05) is 0 Å². The topological polar surface area (TPSA) is 0 Å². The SMILES string of the molecule is Brc1ccccc1.[Ti+2].c1cc[cH-]c1.c1cc[cH-]c1. The van der Waals surface area contributed by atoms with Crippen LogP contribution in [0.25, 0.3) is 0 Å². The average Bonchev–Trinajstić information content (AvgIpc) is 3.09. The molecule has 3 aromatic carbocycles. The van der Waals surface area contributed by atoms with Crippen molar-refractivity contribution in [3.05, 3.63) is 95.5 Å². The van der Waals surface area contributed by atoms with Gasteiger partial charge in [0, 0.05) is 4.47 Å². The number of benzene rings is 1. The predicted octanol–water partition coefficient (Wildman–Crippen LogP) is 5.26. The van der Waals surface area contributed by atoms with Crippen LogP contribution in [-0.4, -0.2) is 0 Å². The van der Waals surface area contributed by atoms with E-state index in [0.717, 1.165) is 4.47 Å². The van der Waals surface area contributed by atoms with Crippen LogP contribution in [0.15, 0.2) is 95.5 Å². The molecule has 3 rings (SSSR count). The van der Waals surface area contributed by atoms with E-state index in [1.807, 2.05) is 91.0 Å². The Morgan fingerprint density at radius 1 is 0.611 bits per heavy atom. The van der Waals surface area contributed by atoms with Gasteiger partial charge >= 0.3 is 21.7 Å². The van der Waals surface area contributed by atoms with E-state index in [2.05, 4.69) is 15.9 Å². The number of halogens is 1. The van der Waals surface area contributed by atoms with Gasteiger partial charge in [0.15, 0.2) is 0 Å². The van der Waals surface area contributed by atoms with Crippen LogP contribution in [0.4, 0.5) is 0 Å². The largest absolute Gasteiger partial charge is 2.00 e. The third-order valence-electron chi connectivity index (χ3n) is 1.84. The Labute approximate surface area is 132 Å². The summed E-state index contributed by atoms with van der Waals surface area (Å²) in [5.41, 5.74) is 0. The Balaban J connectivity index is 0.000000239. The van der Waals surface area contributed by atoms with E-state index in [-0.39, 0.29) is 21.7 Å². The first kappa shape index (κ1) is 17.1. The molecule has 0 amide bonds. The standard InChI is InChI=1S/C6H5Br.2C5H5.Ti/c7-6-4-2-1-3-5-6;2*1-2-4-5-3-1;/h1-5H;2*1-5H;/q;2*-1;+2. The third kappa shape index (κ3) is 10.3. The Morgan fingerprint density at radius 3 is 1.17 bits per heavy atom. The molecule has 0 saturated carbocycles. The summed E-state index contributed by atoms with van der Waals surface area (Å²) in [7, 11) is 0. The van der Waals surface area contributed by atoms with Gasteiger partial charge in [0.25, 0.3) is 0 Å². The van der Waals surface area contributed by atoms with Gasteiger partial charge in [0.2, 0.25) is 0 Å². The molecule has 18 heavy (non-hydrogen) atoms. The van der Waals surface area contributed by atoms with Crippen molar-refractivity contribution in [1.29, 1.82) is 0 Å². The molecule has 0 N–H and O–H groups in total. The predicted molar refractivity (Wildman–Crippen MR) is 78.2 cm³/mol. The molecule has 0 bridgehead atoms. The summed E-state index contributed by atoms with van der Waals surface area (Å²) < 4.78 is 1.13. The number of hydrogen-bond donors (Lipinski definition) is 0. The van der Waals surface area contributed by atoms with E-state index in [1.165, 1.54) is 0 Å². The fourth-order valence-electron chi connectivity index (χ4n) is 1.06. The molecule has 0 aliphatic carbocycles. The summed E-state index contributed by atoms with van der Waals surface area (Å²) in [6.45, 7) is 0. The minimum Gasteiger partial charge on any atom is -0.214 e. The van der Waals surface area contributed by atoms with E-state index in [0.29, 0.717) is 0 Å². The van der Waals surface area contributed by atoms with Crippen LogP contribution in [0.5, 0.6) is 0 Å². The van der Waals surface area contributed by atoms with Crippen molar-refractivity contribution < 1.29 is 21.7 Å². The van der Waals surface area contributed by atoms with Crippen molar-refractivity contribution in [2.24, 2.45) is 0 Å². The molecule has 0 fully saturated rings. The Kier molecular flexibility index (Phi) is 11.9. The van der Waals surface area contributed by atoms with Gasteiger partial charge in [-0.05, 0) is 12.1 Å². The summed E-state index contributed by atoms with van der Waals surface area (Å²) in [6, 6.07) is 30.0. The quantitative estimate of drug-likeness (QED) is 0.388. The molecule has 0 unspecified atom stereocenters. The van der Waals surface area contributed by atoms with Crippen LogP contribution in [-0.2, 0) is 21.7 Å². The zero-order valence-corrected chi connectivity index (χ0v) is 13.2. The van der Waals surface area contributed by atoms with Gasteiger partial charge in [0.05, 0.1) is 0 Å². The average molecular weight is 335 g/mol. The van der Waals surface area contributed by atoms with E-state index >= 15 is 0 Å². The van der Waals surface area contributed by atoms with Crippen LogP contribution in [0, 0.1) is 0 Å². The van der Waals surface area contributed by atoms with Gasteiger partial charge in [0.1, 0.15) is 0 Å². The first-order chi connectivity index (χ1) is 8.39. The van der Waals surface area contributed by atoms with Crippen LogP contribution in [0.2, 0.25) is 0 Å². The summed E-state index contributed by atoms with van der Waals surface area (Å²) >= 11 is 3.31. The second-order valence-corrected chi connectivity index (χ2v) is 4.14. The molecule has 0 heterocycles. The summed E-state index contributed by atoms with van der Waals surface area (Å²) in [5.74, 6) is 0. The molecule has 0 spiro atoms. The second-order valence-electron chi connectivity index (χ2n) is 3.22. The second kappa shape index (κ2) is 12.6. The zero-order chi connectivity index (χ0) is 12.2. The third-order valence-corrected chi connectivity index (χ3v) is 2.37. The molecule has 0 aliphatic rings. The molecule has 3 aromatic rings. The van der Waals surface area contributed by atoms with Crippen LogP contribution < -0.4 is 0 Å². The maximum absolute atomic E-state index is 3.31. The van der Waals surface area contributed by atoms with Crippen LogP contribution in [0.3, 0.4) is 0 Å². The summed E-state index contributed by atoms with van der Waals surface area (Å²) in [4.78, 5) is 0. The molecule has 90 valence electrons. The molecular formula is C16H15BrTi. The van der Waals surface area contributed by atoms with E-state index < -0.39 is 0 Å². The molecule has 0 atom stereocenters. The van der Waals surface area contributed by atoms with Crippen LogP contribution in [0.1, 0.15) is 0 Å². The summed E-state index contributed by atoms with van der Waals surface area (Å²) in [5, 5.41) is 0. The van der Waals surface area contributed by atoms with Crippen molar-refractivity contribution in [3.8, 4) is 0 Å². The van der Waals surface area contributed by atoms with Gasteiger partial charge in [-0.15, -0.1) is 0 Å². The molecule has 0 radical (unpaired) electrons. The summed E-state index contributed by atoms with van der Waals surface area (Å²) in [6.07, 6.45) is 0. The smallest absolute Gasteiger partial charge is 0.214 e. The maximum Gasteiger partial charge on any atom is 2.00 e. The fourth-order valence-corrected chi connectivity index (χ4v) is 1.36. The van der Waals surface area contributed by atoms with Crippen molar-refractivity contribution >= 4 is 15.9 Å². The normalized spacial score (nSPS) is 7.83. The first-order valence-corrected chi connectivity index (χ1v) is 6.23.